The van der Waals surface area contributed by atoms with E-state index in [9.17, 15) is 4.79 Å². The van der Waals surface area contributed by atoms with Crippen molar-refractivity contribution in [1.82, 2.24) is 9.97 Å². The standard InChI is InChI=1S/C25H29N3O2/c1-3-23(30-24(29)21-13-8-5-9-14-21)19(2)17-22(20-11-6-4-7-12-20)18-28-25-26-15-10-16-27-25/h4-16,19,22-23H,3,17-18H2,1-2H3,(H,26,27,28). The number of benzene rings is 2. The molecule has 1 N–H and O–H groups in total. The molecule has 5 nitrogen and oxygen atoms in total. The zero-order valence-electron chi connectivity index (χ0n) is 17.6. The van der Waals surface area contributed by atoms with Gasteiger partial charge in [0.2, 0.25) is 5.95 Å². The Bertz CT molecular complexity index is 888. The predicted octanol–water partition coefficient (Wildman–Crippen LogP) is 5.33. The molecule has 0 radical (unpaired) electrons. The van der Waals surface area contributed by atoms with Crippen LogP contribution in [0.1, 0.15) is 48.5 Å². The maximum Gasteiger partial charge on any atom is 0.338 e. The Balaban J connectivity index is 1.67. The van der Waals surface area contributed by atoms with Gasteiger partial charge in [-0.2, -0.15) is 0 Å². The number of nitrogens with zero attached hydrogens (tertiary/aromatic N) is 2. The molecular formula is C25H29N3O2. The molecule has 1 aromatic heterocycles. The molecule has 1 heterocycles. The van der Waals surface area contributed by atoms with Crippen LogP contribution in [0.3, 0.4) is 0 Å². The summed E-state index contributed by atoms with van der Waals surface area (Å²) in [5.74, 6) is 0.802. The first-order chi connectivity index (χ1) is 14.7. The van der Waals surface area contributed by atoms with Gasteiger partial charge in [-0.3, -0.25) is 0 Å². The summed E-state index contributed by atoms with van der Waals surface area (Å²) < 4.78 is 5.86. The van der Waals surface area contributed by atoms with E-state index in [1.54, 1.807) is 30.6 Å². The summed E-state index contributed by atoms with van der Waals surface area (Å²) in [6.45, 7) is 4.93. The van der Waals surface area contributed by atoms with Crippen molar-refractivity contribution in [1.29, 1.82) is 0 Å². The lowest BCUT2D eigenvalue weighted by Gasteiger charge is -2.27. The van der Waals surface area contributed by atoms with Crippen LogP contribution in [0.5, 0.6) is 0 Å². The second-order valence-corrected chi connectivity index (χ2v) is 7.49. The summed E-state index contributed by atoms with van der Waals surface area (Å²) >= 11 is 0. The fraction of sp³-hybridized carbons (Fsp3) is 0.320. The number of hydrogen-bond donors (Lipinski definition) is 1. The molecule has 2 aromatic carbocycles. The van der Waals surface area contributed by atoms with Crippen molar-refractivity contribution in [2.45, 2.75) is 38.7 Å². The molecule has 3 aromatic rings. The van der Waals surface area contributed by atoms with E-state index in [0.29, 0.717) is 18.1 Å². The molecule has 0 aliphatic carbocycles. The molecular weight excluding hydrogens is 374 g/mol. The van der Waals surface area contributed by atoms with Crippen LogP contribution in [0.4, 0.5) is 5.95 Å². The topological polar surface area (TPSA) is 64.1 Å². The summed E-state index contributed by atoms with van der Waals surface area (Å²) in [6.07, 6.45) is 4.97. The van der Waals surface area contributed by atoms with E-state index in [4.69, 9.17) is 4.74 Å². The van der Waals surface area contributed by atoms with Crippen LogP contribution in [-0.4, -0.2) is 28.6 Å². The third kappa shape index (κ3) is 6.14. The summed E-state index contributed by atoms with van der Waals surface area (Å²) in [5, 5.41) is 3.34. The van der Waals surface area contributed by atoms with E-state index in [2.05, 4.69) is 53.4 Å². The van der Waals surface area contributed by atoms with Gasteiger partial charge in [0, 0.05) is 24.9 Å². The molecule has 30 heavy (non-hydrogen) atoms. The molecule has 0 saturated heterocycles. The Morgan fingerprint density at radius 2 is 1.60 bits per heavy atom. The van der Waals surface area contributed by atoms with Crippen LogP contribution < -0.4 is 5.32 Å². The van der Waals surface area contributed by atoms with E-state index in [1.807, 2.05) is 24.3 Å². The molecule has 0 fully saturated rings. The number of ether oxygens (including phenoxy) is 1. The SMILES string of the molecule is CCC(OC(=O)c1ccccc1)C(C)CC(CNc1ncccn1)c1ccccc1. The van der Waals surface area contributed by atoms with E-state index >= 15 is 0 Å². The monoisotopic (exact) mass is 403 g/mol. The van der Waals surface area contributed by atoms with Crippen LogP contribution in [0, 0.1) is 5.92 Å². The Hall–Kier alpha value is -3.21. The maximum atomic E-state index is 12.5. The Labute approximate surface area is 178 Å². The van der Waals surface area contributed by atoms with Gasteiger partial charge in [0.25, 0.3) is 0 Å². The average Bonchev–Trinajstić information content (AvgIpc) is 2.81. The molecule has 3 unspecified atom stereocenters. The lowest BCUT2D eigenvalue weighted by atomic mass is 9.86. The number of esters is 1. The first kappa shape index (κ1) is 21.5. The predicted molar refractivity (Wildman–Crippen MR) is 119 cm³/mol. The van der Waals surface area contributed by atoms with Crippen LogP contribution in [0.2, 0.25) is 0 Å². The lowest BCUT2D eigenvalue weighted by molar-refractivity contribution is 0.0130. The van der Waals surface area contributed by atoms with Gasteiger partial charge in [-0.25, -0.2) is 14.8 Å². The van der Waals surface area contributed by atoms with Crippen molar-refractivity contribution in [2.75, 3.05) is 11.9 Å². The molecule has 0 aliphatic rings. The Kier molecular flexibility index (Phi) is 7.95. The molecule has 3 atom stereocenters. The first-order valence-electron chi connectivity index (χ1n) is 10.5. The third-order valence-electron chi connectivity index (χ3n) is 5.30. The number of aromatic nitrogens is 2. The highest BCUT2D eigenvalue weighted by Crippen LogP contribution is 2.28. The van der Waals surface area contributed by atoms with Crippen molar-refractivity contribution in [3.05, 3.63) is 90.3 Å². The number of hydrogen-bond acceptors (Lipinski definition) is 5. The van der Waals surface area contributed by atoms with Gasteiger partial charge < -0.3 is 10.1 Å². The smallest absolute Gasteiger partial charge is 0.338 e. The lowest BCUT2D eigenvalue weighted by Crippen LogP contribution is -2.27. The molecule has 3 rings (SSSR count). The van der Waals surface area contributed by atoms with Gasteiger partial charge in [0.05, 0.1) is 5.56 Å². The van der Waals surface area contributed by atoms with Gasteiger partial charge in [0.1, 0.15) is 6.10 Å². The number of anilines is 1. The van der Waals surface area contributed by atoms with Gasteiger partial charge in [-0.05, 0) is 42.5 Å². The fourth-order valence-corrected chi connectivity index (χ4v) is 3.65. The highest BCUT2D eigenvalue weighted by Gasteiger charge is 2.25. The van der Waals surface area contributed by atoms with Crippen molar-refractivity contribution in [3.63, 3.8) is 0 Å². The maximum absolute atomic E-state index is 12.5. The van der Waals surface area contributed by atoms with Gasteiger partial charge in [-0.1, -0.05) is 62.4 Å². The molecule has 0 bridgehead atoms. The van der Waals surface area contributed by atoms with Crippen molar-refractivity contribution >= 4 is 11.9 Å². The largest absolute Gasteiger partial charge is 0.459 e. The second-order valence-electron chi connectivity index (χ2n) is 7.49. The van der Waals surface area contributed by atoms with Crippen LogP contribution in [0.15, 0.2) is 79.1 Å². The van der Waals surface area contributed by atoms with Gasteiger partial charge in [-0.15, -0.1) is 0 Å². The molecule has 0 amide bonds. The van der Waals surface area contributed by atoms with Crippen molar-refractivity contribution in [2.24, 2.45) is 5.92 Å². The second kappa shape index (κ2) is 11.1. The third-order valence-corrected chi connectivity index (χ3v) is 5.30. The summed E-state index contributed by atoms with van der Waals surface area (Å²) in [6, 6.07) is 21.4. The van der Waals surface area contributed by atoms with Crippen LogP contribution in [-0.2, 0) is 4.74 Å². The summed E-state index contributed by atoms with van der Waals surface area (Å²) in [5.41, 5.74) is 1.84. The fourth-order valence-electron chi connectivity index (χ4n) is 3.65. The van der Waals surface area contributed by atoms with Crippen molar-refractivity contribution in [3.8, 4) is 0 Å². The Morgan fingerprint density at radius 3 is 2.23 bits per heavy atom. The van der Waals surface area contributed by atoms with Crippen LogP contribution in [0.25, 0.3) is 0 Å². The zero-order chi connectivity index (χ0) is 21.2. The van der Waals surface area contributed by atoms with E-state index in [1.165, 1.54) is 5.56 Å². The minimum absolute atomic E-state index is 0.142. The first-order valence-corrected chi connectivity index (χ1v) is 10.5. The van der Waals surface area contributed by atoms with E-state index < -0.39 is 0 Å². The number of carbonyl (C=O) groups is 1. The normalized spacial score (nSPS) is 13.8. The zero-order valence-corrected chi connectivity index (χ0v) is 17.6. The minimum Gasteiger partial charge on any atom is -0.459 e. The van der Waals surface area contributed by atoms with E-state index in [0.717, 1.165) is 12.8 Å². The number of nitrogens with one attached hydrogen (secondary N) is 1. The molecule has 5 heteroatoms. The molecule has 0 aliphatic heterocycles. The number of rotatable bonds is 10. The Morgan fingerprint density at radius 1 is 0.967 bits per heavy atom. The van der Waals surface area contributed by atoms with Crippen LogP contribution >= 0.6 is 0 Å². The average molecular weight is 404 g/mol. The molecule has 0 spiro atoms. The van der Waals surface area contributed by atoms with E-state index in [-0.39, 0.29) is 23.9 Å². The van der Waals surface area contributed by atoms with Crippen molar-refractivity contribution < 1.29 is 9.53 Å². The van der Waals surface area contributed by atoms with Gasteiger partial charge >= 0.3 is 5.97 Å². The highest BCUT2D eigenvalue weighted by atomic mass is 16.5. The minimum atomic E-state index is -0.263. The molecule has 156 valence electrons. The number of carbonyl (C=O) groups excluding carboxylic acids is 1. The summed E-state index contributed by atoms with van der Waals surface area (Å²) in [7, 11) is 0. The highest BCUT2D eigenvalue weighted by molar-refractivity contribution is 5.89. The van der Waals surface area contributed by atoms with Gasteiger partial charge in [0.15, 0.2) is 0 Å². The summed E-state index contributed by atoms with van der Waals surface area (Å²) in [4.78, 5) is 21.0. The molecule has 0 saturated carbocycles. The quantitative estimate of drug-likeness (QED) is 0.463.